The first kappa shape index (κ1) is 71.6. The molecule has 75 heavy (non-hydrogen) atoms. The van der Waals surface area contributed by atoms with Crippen molar-refractivity contribution in [2.75, 3.05) is 13.2 Å². The number of rotatable bonds is 58. The summed E-state index contributed by atoms with van der Waals surface area (Å²) in [6.45, 7) is 6.52. The van der Waals surface area contributed by atoms with Crippen molar-refractivity contribution in [1.82, 2.24) is 0 Å². The third-order valence-corrected chi connectivity index (χ3v) is 13.9. The Bertz CT molecular complexity index is 1430. The fourth-order valence-electron chi connectivity index (χ4n) is 9.05. The van der Waals surface area contributed by atoms with E-state index in [2.05, 4.69) is 106 Å². The first-order valence-electron chi connectivity index (χ1n) is 32.1. The highest BCUT2D eigenvalue weighted by atomic mass is 16.6. The summed E-state index contributed by atoms with van der Waals surface area (Å²) in [4.78, 5) is 38.3. The second-order valence-electron chi connectivity index (χ2n) is 21.3. The molecule has 1 unspecified atom stereocenters. The van der Waals surface area contributed by atoms with E-state index in [9.17, 15) is 14.4 Å². The highest BCUT2D eigenvalue weighted by Gasteiger charge is 2.19. The van der Waals surface area contributed by atoms with E-state index in [1.54, 1.807) is 0 Å². The van der Waals surface area contributed by atoms with Gasteiger partial charge in [0.25, 0.3) is 0 Å². The van der Waals surface area contributed by atoms with Crippen molar-refractivity contribution >= 4 is 17.9 Å². The molecule has 0 saturated heterocycles. The third kappa shape index (κ3) is 61.3. The molecule has 0 aliphatic rings. The number of esters is 3. The Hall–Kier alpha value is -3.41. The van der Waals surface area contributed by atoms with Crippen LogP contribution in [0.25, 0.3) is 0 Å². The standard InChI is InChI=1S/C69H120O6/c1-4-7-10-13-16-19-22-25-28-31-34-37-40-43-46-49-52-55-58-61-67(70)73-64-66(75-69(72)63-60-57-54-51-48-45-42-39-36-33-30-27-24-21-18-15-12-9-6-3)65-74-68(71)62-59-56-53-50-47-44-41-38-35-32-29-26-23-20-17-14-11-8-5-2/h7,10,16,19,25-30,34,37,43,46,66H,4-6,8-9,11-15,17-18,20-24,31-33,35-36,38-42,44-45,47-65H2,1-3H3/b10-7-,19-16-,28-25-,29-26-,30-27-,37-34-,46-43-. The number of hydrogen-bond donors (Lipinski definition) is 0. The number of allylic oxidation sites excluding steroid dienone is 14. The molecule has 0 aromatic heterocycles. The van der Waals surface area contributed by atoms with Gasteiger partial charge in [-0.05, 0) is 116 Å². The molecule has 0 fully saturated rings. The first-order valence-corrected chi connectivity index (χ1v) is 32.1. The van der Waals surface area contributed by atoms with Gasteiger partial charge in [0.15, 0.2) is 6.10 Å². The Morgan fingerprint density at radius 1 is 0.280 bits per heavy atom. The van der Waals surface area contributed by atoms with Crippen LogP contribution < -0.4 is 0 Å². The average molecular weight is 1050 g/mol. The van der Waals surface area contributed by atoms with Crippen LogP contribution in [-0.2, 0) is 28.6 Å². The largest absolute Gasteiger partial charge is 0.462 e. The van der Waals surface area contributed by atoms with Crippen LogP contribution >= 0.6 is 0 Å². The quantitative estimate of drug-likeness (QED) is 0.0261. The van der Waals surface area contributed by atoms with E-state index in [0.29, 0.717) is 19.3 Å². The molecule has 0 saturated carbocycles. The van der Waals surface area contributed by atoms with Crippen LogP contribution in [0.2, 0.25) is 0 Å². The van der Waals surface area contributed by atoms with Crippen LogP contribution in [0, 0.1) is 0 Å². The molecule has 1 atom stereocenters. The number of ether oxygens (including phenoxy) is 3. The molecule has 0 rings (SSSR count). The van der Waals surface area contributed by atoms with E-state index < -0.39 is 6.10 Å². The molecule has 6 nitrogen and oxygen atoms in total. The van der Waals surface area contributed by atoms with Gasteiger partial charge in [-0.25, -0.2) is 0 Å². The van der Waals surface area contributed by atoms with E-state index in [0.717, 1.165) is 96.3 Å². The zero-order chi connectivity index (χ0) is 54.3. The highest BCUT2D eigenvalue weighted by molar-refractivity contribution is 5.71. The van der Waals surface area contributed by atoms with Crippen molar-refractivity contribution < 1.29 is 28.6 Å². The molecule has 0 aliphatic heterocycles. The summed E-state index contributed by atoms with van der Waals surface area (Å²) in [5, 5.41) is 0. The van der Waals surface area contributed by atoms with Crippen molar-refractivity contribution in [3.63, 3.8) is 0 Å². The monoisotopic (exact) mass is 1040 g/mol. The number of carbonyl (C=O) groups excluding carboxylic acids is 3. The Morgan fingerprint density at radius 3 is 0.840 bits per heavy atom. The summed E-state index contributed by atoms with van der Waals surface area (Å²) in [7, 11) is 0. The van der Waals surface area contributed by atoms with Gasteiger partial charge in [-0.3, -0.25) is 14.4 Å². The number of carbonyl (C=O) groups is 3. The average Bonchev–Trinajstić information content (AvgIpc) is 3.41. The lowest BCUT2D eigenvalue weighted by Gasteiger charge is -2.18. The van der Waals surface area contributed by atoms with Crippen LogP contribution in [0.5, 0.6) is 0 Å². The molecule has 0 heterocycles. The normalized spacial score (nSPS) is 12.6. The lowest BCUT2D eigenvalue weighted by atomic mass is 10.1. The lowest BCUT2D eigenvalue weighted by molar-refractivity contribution is -0.167. The van der Waals surface area contributed by atoms with Gasteiger partial charge in [0.2, 0.25) is 0 Å². The highest BCUT2D eigenvalue weighted by Crippen LogP contribution is 2.16. The predicted molar refractivity (Wildman–Crippen MR) is 325 cm³/mol. The van der Waals surface area contributed by atoms with Crippen molar-refractivity contribution in [2.24, 2.45) is 0 Å². The van der Waals surface area contributed by atoms with E-state index in [1.807, 2.05) is 0 Å². The Labute approximate surface area is 465 Å². The van der Waals surface area contributed by atoms with Crippen LogP contribution in [0.15, 0.2) is 85.1 Å². The molecule has 0 amide bonds. The van der Waals surface area contributed by atoms with Crippen molar-refractivity contribution in [3.05, 3.63) is 85.1 Å². The summed E-state index contributed by atoms with van der Waals surface area (Å²) >= 11 is 0. The van der Waals surface area contributed by atoms with Crippen LogP contribution in [0.3, 0.4) is 0 Å². The molecule has 0 aromatic rings. The van der Waals surface area contributed by atoms with Crippen molar-refractivity contribution in [1.29, 1.82) is 0 Å². The van der Waals surface area contributed by atoms with Gasteiger partial charge in [0.1, 0.15) is 13.2 Å². The number of unbranched alkanes of at least 4 members (excludes halogenated alkanes) is 33. The Morgan fingerprint density at radius 2 is 0.520 bits per heavy atom. The number of hydrogen-bond acceptors (Lipinski definition) is 6. The van der Waals surface area contributed by atoms with E-state index in [-0.39, 0.29) is 31.1 Å². The molecule has 6 heteroatoms. The molecule has 0 radical (unpaired) electrons. The van der Waals surface area contributed by atoms with Gasteiger partial charge in [-0.15, -0.1) is 0 Å². The summed E-state index contributed by atoms with van der Waals surface area (Å²) in [5.74, 6) is -0.913. The maximum atomic E-state index is 12.9. The molecular weight excluding hydrogens is 925 g/mol. The van der Waals surface area contributed by atoms with E-state index >= 15 is 0 Å². The lowest BCUT2D eigenvalue weighted by Crippen LogP contribution is -2.30. The van der Waals surface area contributed by atoms with E-state index in [1.165, 1.54) is 180 Å². The molecule has 0 aromatic carbocycles. The van der Waals surface area contributed by atoms with Crippen LogP contribution in [-0.4, -0.2) is 37.2 Å². The molecule has 432 valence electrons. The van der Waals surface area contributed by atoms with Gasteiger partial charge in [-0.1, -0.05) is 266 Å². The maximum Gasteiger partial charge on any atom is 0.306 e. The van der Waals surface area contributed by atoms with Crippen LogP contribution in [0.1, 0.15) is 316 Å². The minimum absolute atomic E-state index is 0.0878. The van der Waals surface area contributed by atoms with Gasteiger partial charge < -0.3 is 14.2 Å². The fraction of sp³-hybridized carbons (Fsp3) is 0.754. The van der Waals surface area contributed by atoms with Crippen molar-refractivity contribution in [3.8, 4) is 0 Å². The summed E-state index contributed by atoms with van der Waals surface area (Å²) in [5.41, 5.74) is 0. The van der Waals surface area contributed by atoms with Gasteiger partial charge >= 0.3 is 17.9 Å². The minimum Gasteiger partial charge on any atom is -0.462 e. The predicted octanol–water partition coefficient (Wildman–Crippen LogP) is 21.9. The van der Waals surface area contributed by atoms with Gasteiger partial charge in [0, 0.05) is 19.3 Å². The maximum absolute atomic E-state index is 12.9. The zero-order valence-electron chi connectivity index (χ0n) is 49.6. The summed E-state index contributed by atoms with van der Waals surface area (Å²) < 4.78 is 16.9. The molecular formula is C69H120O6. The second-order valence-corrected chi connectivity index (χ2v) is 21.3. The van der Waals surface area contributed by atoms with Crippen LogP contribution in [0.4, 0.5) is 0 Å². The molecule has 0 N–H and O–H groups in total. The summed E-state index contributed by atoms with van der Waals surface area (Å²) in [6.07, 6.45) is 83.0. The van der Waals surface area contributed by atoms with Gasteiger partial charge in [0.05, 0.1) is 0 Å². The molecule has 0 bridgehead atoms. The first-order chi connectivity index (χ1) is 37.0. The van der Waals surface area contributed by atoms with Gasteiger partial charge in [-0.2, -0.15) is 0 Å². The SMILES string of the molecule is CC/C=C\C/C=C\C/C=C\C/C=C\C/C=C\CCCCCC(=O)OCC(COC(=O)CCCCCCCCCCC/C=C\CCCCCCCC)OC(=O)CCCCCCCCCCC/C=C\CCCCCCCC. The van der Waals surface area contributed by atoms with Crippen molar-refractivity contribution in [2.45, 2.75) is 322 Å². The fourth-order valence-corrected chi connectivity index (χ4v) is 9.05. The summed E-state index contributed by atoms with van der Waals surface area (Å²) in [6, 6.07) is 0. The Balaban J connectivity index is 4.43. The molecule has 0 spiro atoms. The minimum atomic E-state index is -0.794. The van der Waals surface area contributed by atoms with E-state index in [4.69, 9.17) is 14.2 Å². The second kappa shape index (κ2) is 63.1. The smallest absolute Gasteiger partial charge is 0.306 e. The Kier molecular flexibility index (Phi) is 60.3. The third-order valence-electron chi connectivity index (χ3n) is 13.9. The zero-order valence-corrected chi connectivity index (χ0v) is 49.6. The molecule has 0 aliphatic carbocycles. The topological polar surface area (TPSA) is 78.9 Å².